The molecule has 0 radical (unpaired) electrons. The Morgan fingerprint density at radius 2 is 1.65 bits per heavy atom. The SMILES string of the molecule is CC(=O)C1C(c2ccccc2)CN1Cc1ccccc1. The summed E-state index contributed by atoms with van der Waals surface area (Å²) in [7, 11) is 0. The normalized spacial score (nSPS) is 22.2. The number of ketones is 1. The van der Waals surface area contributed by atoms with Gasteiger partial charge in [0.15, 0.2) is 0 Å². The van der Waals surface area contributed by atoms with Crippen LogP contribution in [0.3, 0.4) is 0 Å². The van der Waals surface area contributed by atoms with E-state index in [-0.39, 0.29) is 11.8 Å². The Hall–Kier alpha value is -1.93. The van der Waals surface area contributed by atoms with Gasteiger partial charge in [-0.05, 0) is 18.1 Å². The van der Waals surface area contributed by atoms with Crippen LogP contribution in [0, 0.1) is 0 Å². The van der Waals surface area contributed by atoms with E-state index in [1.165, 1.54) is 11.1 Å². The fraction of sp³-hybridized carbons (Fsp3) is 0.278. The molecule has 1 heterocycles. The highest BCUT2D eigenvalue weighted by Crippen LogP contribution is 2.35. The van der Waals surface area contributed by atoms with Gasteiger partial charge in [-0.1, -0.05) is 60.7 Å². The minimum atomic E-state index is 0.0256. The fourth-order valence-corrected chi connectivity index (χ4v) is 3.09. The molecular formula is C18H19NO. The van der Waals surface area contributed by atoms with Crippen molar-refractivity contribution >= 4 is 5.78 Å². The predicted molar refractivity (Wildman–Crippen MR) is 80.5 cm³/mol. The van der Waals surface area contributed by atoms with E-state index in [1.807, 2.05) is 36.4 Å². The van der Waals surface area contributed by atoms with Gasteiger partial charge in [-0.25, -0.2) is 0 Å². The van der Waals surface area contributed by atoms with Crippen LogP contribution in [-0.2, 0) is 11.3 Å². The monoisotopic (exact) mass is 265 g/mol. The maximum absolute atomic E-state index is 12.0. The van der Waals surface area contributed by atoms with Gasteiger partial charge in [-0.2, -0.15) is 0 Å². The van der Waals surface area contributed by atoms with E-state index in [0.29, 0.717) is 5.92 Å². The van der Waals surface area contributed by atoms with E-state index in [2.05, 4.69) is 29.2 Å². The topological polar surface area (TPSA) is 20.3 Å². The van der Waals surface area contributed by atoms with Crippen molar-refractivity contribution in [2.45, 2.75) is 25.4 Å². The smallest absolute Gasteiger partial charge is 0.147 e. The van der Waals surface area contributed by atoms with Crippen molar-refractivity contribution in [1.29, 1.82) is 0 Å². The molecule has 0 amide bonds. The Labute approximate surface area is 120 Å². The van der Waals surface area contributed by atoms with Gasteiger partial charge in [-0.15, -0.1) is 0 Å². The minimum absolute atomic E-state index is 0.0256. The van der Waals surface area contributed by atoms with E-state index < -0.39 is 0 Å². The molecule has 20 heavy (non-hydrogen) atoms. The third kappa shape index (κ3) is 2.52. The number of benzene rings is 2. The highest BCUT2D eigenvalue weighted by atomic mass is 16.1. The molecule has 1 aliphatic heterocycles. The van der Waals surface area contributed by atoms with E-state index >= 15 is 0 Å². The van der Waals surface area contributed by atoms with Gasteiger partial charge in [-0.3, -0.25) is 9.69 Å². The van der Waals surface area contributed by atoms with Crippen LogP contribution in [0.15, 0.2) is 60.7 Å². The van der Waals surface area contributed by atoms with Crippen LogP contribution < -0.4 is 0 Å². The van der Waals surface area contributed by atoms with Gasteiger partial charge in [0.05, 0.1) is 6.04 Å². The summed E-state index contributed by atoms with van der Waals surface area (Å²) < 4.78 is 0. The standard InChI is InChI=1S/C18H19NO/c1-14(20)18-17(16-10-6-3-7-11-16)13-19(18)12-15-8-4-2-5-9-15/h2-11,17-18H,12-13H2,1H3. The lowest BCUT2D eigenvalue weighted by molar-refractivity contribution is -0.128. The zero-order valence-electron chi connectivity index (χ0n) is 11.7. The van der Waals surface area contributed by atoms with Crippen LogP contribution in [0.25, 0.3) is 0 Å². The van der Waals surface area contributed by atoms with Gasteiger partial charge >= 0.3 is 0 Å². The Balaban J connectivity index is 1.74. The third-order valence-corrected chi connectivity index (χ3v) is 4.08. The van der Waals surface area contributed by atoms with Crippen LogP contribution in [0.4, 0.5) is 0 Å². The maximum Gasteiger partial charge on any atom is 0.147 e. The van der Waals surface area contributed by atoms with Gasteiger partial charge in [0.25, 0.3) is 0 Å². The lowest BCUT2D eigenvalue weighted by atomic mass is 9.80. The van der Waals surface area contributed by atoms with E-state index in [1.54, 1.807) is 6.92 Å². The molecule has 0 saturated carbocycles. The average molecular weight is 265 g/mol. The molecule has 3 rings (SSSR count). The summed E-state index contributed by atoms with van der Waals surface area (Å²) in [6.07, 6.45) is 0. The second kappa shape index (κ2) is 5.59. The average Bonchev–Trinajstić information content (AvgIpc) is 2.44. The molecule has 0 aromatic heterocycles. The second-order valence-corrected chi connectivity index (χ2v) is 5.49. The largest absolute Gasteiger partial charge is 0.298 e. The van der Waals surface area contributed by atoms with Gasteiger partial charge in [0.2, 0.25) is 0 Å². The van der Waals surface area contributed by atoms with Crippen molar-refractivity contribution in [1.82, 2.24) is 4.90 Å². The molecule has 2 atom stereocenters. The summed E-state index contributed by atoms with van der Waals surface area (Å²) in [6.45, 7) is 3.52. The number of carbonyl (C=O) groups excluding carboxylic acids is 1. The Morgan fingerprint density at radius 1 is 1.05 bits per heavy atom. The summed E-state index contributed by atoms with van der Waals surface area (Å²) in [6, 6.07) is 20.7. The van der Waals surface area contributed by atoms with Crippen molar-refractivity contribution < 1.29 is 4.79 Å². The van der Waals surface area contributed by atoms with E-state index in [4.69, 9.17) is 0 Å². The number of likely N-dealkylation sites (tertiary alicyclic amines) is 1. The lowest BCUT2D eigenvalue weighted by Crippen LogP contribution is -2.57. The number of hydrogen-bond donors (Lipinski definition) is 0. The highest BCUT2D eigenvalue weighted by Gasteiger charge is 2.42. The molecule has 102 valence electrons. The van der Waals surface area contributed by atoms with E-state index in [0.717, 1.165) is 13.1 Å². The Morgan fingerprint density at radius 3 is 2.25 bits per heavy atom. The number of rotatable bonds is 4. The molecule has 0 aliphatic carbocycles. The van der Waals surface area contributed by atoms with Gasteiger partial charge in [0.1, 0.15) is 5.78 Å². The molecule has 1 saturated heterocycles. The van der Waals surface area contributed by atoms with Crippen LogP contribution in [0.2, 0.25) is 0 Å². The molecule has 0 N–H and O–H groups in total. The van der Waals surface area contributed by atoms with Crippen LogP contribution in [-0.4, -0.2) is 23.3 Å². The van der Waals surface area contributed by atoms with Gasteiger partial charge < -0.3 is 0 Å². The first kappa shape index (κ1) is 13.1. The first-order chi connectivity index (χ1) is 9.75. The second-order valence-electron chi connectivity index (χ2n) is 5.49. The Kier molecular flexibility index (Phi) is 3.66. The van der Waals surface area contributed by atoms with Crippen LogP contribution in [0.1, 0.15) is 24.0 Å². The Bertz CT molecular complexity index is 579. The minimum Gasteiger partial charge on any atom is -0.298 e. The first-order valence-corrected chi connectivity index (χ1v) is 7.09. The number of carbonyl (C=O) groups is 1. The van der Waals surface area contributed by atoms with E-state index in [9.17, 15) is 4.79 Å². The number of hydrogen-bond acceptors (Lipinski definition) is 2. The summed E-state index contributed by atoms with van der Waals surface area (Å²) >= 11 is 0. The molecule has 0 spiro atoms. The molecule has 2 heteroatoms. The van der Waals surface area contributed by atoms with Crippen LogP contribution in [0.5, 0.6) is 0 Å². The van der Waals surface area contributed by atoms with Crippen molar-refractivity contribution in [2.75, 3.05) is 6.54 Å². The molecule has 1 fully saturated rings. The molecule has 2 aromatic rings. The third-order valence-electron chi connectivity index (χ3n) is 4.08. The van der Waals surface area contributed by atoms with Crippen molar-refractivity contribution in [3.8, 4) is 0 Å². The quantitative estimate of drug-likeness (QED) is 0.846. The summed E-state index contributed by atoms with van der Waals surface area (Å²) in [4.78, 5) is 14.2. The predicted octanol–water partition coefficient (Wildman–Crippen LogP) is 3.24. The molecule has 0 bridgehead atoms. The zero-order chi connectivity index (χ0) is 13.9. The first-order valence-electron chi connectivity index (χ1n) is 7.09. The van der Waals surface area contributed by atoms with Crippen molar-refractivity contribution in [3.63, 3.8) is 0 Å². The molecule has 2 nitrogen and oxygen atoms in total. The van der Waals surface area contributed by atoms with Crippen molar-refractivity contribution in [2.24, 2.45) is 0 Å². The molecule has 2 unspecified atom stereocenters. The highest BCUT2D eigenvalue weighted by molar-refractivity contribution is 5.84. The number of Topliss-reactive ketones (excluding diaryl/α,β-unsaturated/α-hetero) is 1. The fourth-order valence-electron chi connectivity index (χ4n) is 3.09. The molecule has 1 aliphatic rings. The number of nitrogens with zero attached hydrogens (tertiary/aromatic N) is 1. The zero-order valence-corrected chi connectivity index (χ0v) is 11.7. The summed E-state index contributed by atoms with van der Waals surface area (Å²) in [5.41, 5.74) is 2.54. The summed E-state index contributed by atoms with van der Waals surface area (Å²) in [5.74, 6) is 0.610. The summed E-state index contributed by atoms with van der Waals surface area (Å²) in [5, 5.41) is 0. The van der Waals surface area contributed by atoms with Gasteiger partial charge in [0, 0.05) is 19.0 Å². The molecular weight excluding hydrogens is 246 g/mol. The lowest BCUT2D eigenvalue weighted by Gasteiger charge is -2.47. The van der Waals surface area contributed by atoms with Crippen LogP contribution >= 0.6 is 0 Å². The van der Waals surface area contributed by atoms with Crippen molar-refractivity contribution in [3.05, 3.63) is 71.8 Å². The maximum atomic E-state index is 12.0. The molecule has 2 aromatic carbocycles.